The first-order valence-electron chi connectivity index (χ1n) is 7.73. The Morgan fingerprint density at radius 2 is 1.64 bits per heavy atom. The van der Waals surface area contributed by atoms with Crippen LogP contribution in [0.3, 0.4) is 0 Å². The fourth-order valence-corrected chi connectivity index (χ4v) is 6.66. The Balaban J connectivity index is 1.57. The minimum Gasteiger partial charge on any atom is -0.272 e. The molecule has 132 valence electrons. The summed E-state index contributed by atoms with van der Waals surface area (Å²) in [6.07, 6.45) is 0.837. The molecule has 25 heavy (non-hydrogen) atoms. The summed E-state index contributed by atoms with van der Waals surface area (Å²) in [4.78, 5) is 38.2. The van der Waals surface area contributed by atoms with Gasteiger partial charge in [-0.2, -0.15) is 5.01 Å². The van der Waals surface area contributed by atoms with E-state index in [1.165, 1.54) is 18.2 Å². The molecule has 2 saturated carbocycles. The number of imide groups is 1. The number of nitrogens with one attached hydrogen (secondary N) is 1. The third-order valence-corrected chi connectivity index (χ3v) is 9.13. The smallest absolute Gasteiger partial charge is 0.271 e. The molecular weight excluding hydrogens is 499 g/mol. The van der Waals surface area contributed by atoms with Crippen molar-refractivity contribution in [3.05, 3.63) is 33.8 Å². The maximum atomic E-state index is 12.7. The van der Waals surface area contributed by atoms with Crippen LogP contribution in [-0.2, 0) is 9.59 Å². The lowest BCUT2D eigenvalue weighted by Gasteiger charge is -2.28. The van der Waals surface area contributed by atoms with Crippen LogP contribution in [0.25, 0.3) is 0 Å². The number of hydrazine groups is 1. The fourth-order valence-electron chi connectivity index (χ4n) is 4.29. The predicted octanol–water partition coefficient (Wildman–Crippen LogP) is 3.42. The van der Waals surface area contributed by atoms with E-state index in [1.54, 1.807) is 0 Å². The van der Waals surface area contributed by atoms with Crippen LogP contribution in [0.4, 0.5) is 0 Å². The van der Waals surface area contributed by atoms with Gasteiger partial charge in [0.25, 0.3) is 17.7 Å². The number of carbonyl (C=O) groups excluding carboxylic acids is 3. The van der Waals surface area contributed by atoms with Crippen molar-refractivity contribution in [2.45, 2.75) is 16.1 Å². The summed E-state index contributed by atoms with van der Waals surface area (Å²) >= 11 is 19.1. The van der Waals surface area contributed by atoms with Gasteiger partial charge in [-0.15, -0.1) is 0 Å². The Hall–Kier alpha value is -0.630. The van der Waals surface area contributed by atoms with E-state index in [0.717, 1.165) is 11.4 Å². The molecule has 1 aliphatic heterocycles. The topological polar surface area (TPSA) is 66.5 Å². The van der Waals surface area contributed by atoms with E-state index in [0.29, 0.717) is 5.02 Å². The number of hydrogen-bond acceptors (Lipinski definition) is 3. The monoisotopic (exact) mass is 508 g/mol. The van der Waals surface area contributed by atoms with Gasteiger partial charge in [0.05, 0.1) is 22.4 Å². The number of fused-ring (bicyclic) bond motifs is 5. The highest BCUT2D eigenvalue weighted by Gasteiger charge is 2.66. The molecule has 3 aliphatic rings. The molecule has 1 aromatic rings. The molecule has 0 unspecified atom stereocenters. The zero-order valence-corrected chi connectivity index (χ0v) is 17.3. The van der Waals surface area contributed by atoms with Crippen LogP contribution in [0.15, 0.2) is 18.2 Å². The molecule has 0 aromatic heterocycles. The fraction of sp³-hybridized carbons (Fsp3) is 0.438. The SMILES string of the molecule is O=C(NN1C(=O)[C@@H]2[C@H]3C[C@@H]([C@H](Br)[C@@H]3Br)[C@@H]2C1=O)c1ccc(Cl)cc1Cl. The first kappa shape index (κ1) is 17.8. The Labute approximate surface area is 170 Å². The molecule has 0 radical (unpaired) electrons. The van der Waals surface area contributed by atoms with Crippen molar-refractivity contribution in [2.75, 3.05) is 0 Å². The van der Waals surface area contributed by atoms with Crippen LogP contribution >= 0.6 is 55.1 Å². The first-order chi connectivity index (χ1) is 11.8. The van der Waals surface area contributed by atoms with Crippen LogP contribution < -0.4 is 5.43 Å². The van der Waals surface area contributed by atoms with Crippen molar-refractivity contribution < 1.29 is 14.4 Å². The van der Waals surface area contributed by atoms with Gasteiger partial charge in [0.2, 0.25) is 0 Å². The molecule has 1 saturated heterocycles. The average molecular weight is 511 g/mol. The number of amides is 3. The molecule has 0 spiro atoms. The van der Waals surface area contributed by atoms with Crippen LogP contribution in [0, 0.1) is 23.7 Å². The van der Waals surface area contributed by atoms with E-state index in [1.807, 2.05) is 0 Å². The summed E-state index contributed by atoms with van der Waals surface area (Å²) in [6.45, 7) is 0. The molecule has 3 amide bonds. The molecule has 9 heteroatoms. The Morgan fingerprint density at radius 1 is 1.08 bits per heavy atom. The second-order valence-corrected chi connectivity index (χ2v) is 9.54. The first-order valence-corrected chi connectivity index (χ1v) is 10.3. The molecule has 2 bridgehead atoms. The number of nitrogens with zero attached hydrogens (tertiary/aromatic N) is 1. The Morgan fingerprint density at radius 3 is 2.16 bits per heavy atom. The van der Waals surface area contributed by atoms with Crippen molar-refractivity contribution in [1.82, 2.24) is 10.4 Å². The highest BCUT2D eigenvalue weighted by atomic mass is 79.9. The zero-order chi connectivity index (χ0) is 18.0. The lowest BCUT2D eigenvalue weighted by atomic mass is 9.81. The van der Waals surface area contributed by atoms with E-state index >= 15 is 0 Å². The van der Waals surface area contributed by atoms with Gasteiger partial charge in [-0.25, -0.2) is 0 Å². The number of benzene rings is 1. The van der Waals surface area contributed by atoms with Crippen molar-refractivity contribution in [3.63, 3.8) is 0 Å². The van der Waals surface area contributed by atoms with Crippen LogP contribution in [0.5, 0.6) is 0 Å². The van der Waals surface area contributed by atoms with Gasteiger partial charge in [0, 0.05) is 14.7 Å². The molecule has 2 aliphatic carbocycles. The molecule has 1 N–H and O–H groups in total. The minimum atomic E-state index is -0.610. The van der Waals surface area contributed by atoms with E-state index in [4.69, 9.17) is 23.2 Å². The Bertz CT molecular complexity index is 774. The number of alkyl halides is 2. The largest absolute Gasteiger partial charge is 0.272 e. The molecular formula is C16H12Br2Cl2N2O3. The summed E-state index contributed by atoms with van der Waals surface area (Å²) in [5.74, 6) is -1.86. The predicted molar refractivity (Wildman–Crippen MR) is 99.8 cm³/mol. The molecule has 4 rings (SSSR count). The van der Waals surface area contributed by atoms with Gasteiger partial charge in [-0.05, 0) is 36.5 Å². The normalized spacial score (nSPS) is 36.1. The van der Waals surface area contributed by atoms with Crippen molar-refractivity contribution in [2.24, 2.45) is 23.7 Å². The van der Waals surface area contributed by atoms with E-state index in [2.05, 4.69) is 37.3 Å². The highest BCUT2D eigenvalue weighted by molar-refractivity contribution is 9.12. The van der Waals surface area contributed by atoms with Gasteiger partial charge >= 0.3 is 0 Å². The van der Waals surface area contributed by atoms with Gasteiger partial charge < -0.3 is 0 Å². The summed E-state index contributed by atoms with van der Waals surface area (Å²) in [5.41, 5.74) is 2.58. The molecule has 1 heterocycles. The Kier molecular flexibility index (Phi) is 4.42. The van der Waals surface area contributed by atoms with Crippen molar-refractivity contribution in [3.8, 4) is 0 Å². The van der Waals surface area contributed by atoms with E-state index in [-0.39, 0.29) is 55.7 Å². The second-order valence-electron chi connectivity index (χ2n) is 6.58. The maximum absolute atomic E-state index is 12.7. The van der Waals surface area contributed by atoms with Crippen LogP contribution in [0.1, 0.15) is 16.8 Å². The van der Waals surface area contributed by atoms with Crippen LogP contribution in [0.2, 0.25) is 10.0 Å². The summed E-state index contributed by atoms with van der Waals surface area (Å²) in [5, 5.41) is 1.42. The van der Waals surface area contributed by atoms with Gasteiger partial charge in [0.15, 0.2) is 0 Å². The number of hydrogen-bond donors (Lipinski definition) is 1. The zero-order valence-electron chi connectivity index (χ0n) is 12.6. The van der Waals surface area contributed by atoms with Gasteiger partial charge in [-0.1, -0.05) is 55.1 Å². The van der Waals surface area contributed by atoms with E-state index < -0.39 is 5.91 Å². The summed E-state index contributed by atoms with van der Waals surface area (Å²) in [6, 6.07) is 4.42. The standard InChI is InChI=1S/C16H12Br2Cl2N2O3/c17-12-7-4-8(13(12)18)11-10(7)15(24)22(16(11)25)21-14(23)6-2-1-5(19)3-9(6)20/h1-3,7-8,10-13H,4H2,(H,21,23)/t7-,8-,10-,11+,12-,13+/m1/s1. The third-order valence-electron chi connectivity index (χ3n) is 5.38. The summed E-state index contributed by atoms with van der Waals surface area (Å²) < 4.78 is 0. The van der Waals surface area contributed by atoms with Crippen molar-refractivity contribution >= 4 is 72.8 Å². The van der Waals surface area contributed by atoms with Gasteiger partial charge in [0.1, 0.15) is 0 Å². The molecule has 5 nitrogen and oxygen atoms in total. The lowest BCUT2D eigenvalue weighted by molar-refractivity contribution is -0.143. The van der Waals surface area contributed by atoms with Crippen molar-refractivity contribution in [1.29, 1.82) is 0 Å². The highest BCUT2D eigenvalue weighted by Crippen LogP contribution is 2.59. The number of rotatable bonds is 2. The lowest BCUT2D eigenvalue weighted by Crippen LogP contribution is -2.47. The maximum Gasteiger partial charge on any atom is 0.271 e. The number of carbonyl (C=O) groups is 3. The molecule has 3 fully saturated rings. The van der Waals surface area contributed by atoms with Gasteiger partial charge in [-0.3, -0.25) is 19.8 Å². The minimum absolute atomic E-state index is 0.0943. The second kappa shape index (κ2) is 6.22. The van der Waals surface area contributed by atoms with Crippen LogP contribution in [-0.4, -0.2) is 32.4 Å². The molecule has 1 aromatic carbocycles. The van der Waals surface area contributed by atoms with E-state index in [9.17, 15) is 14.4 Å². The third kappa shape index (κ3) is 2.58. The summed E-state index contributed by atoms with van der Waals surface area (Å²) in [7, 11) is 0. The average Bonchev–Trinajstić information content (AvgIpc) is 3.15. The quantitative estimate of drug-likeness (QED) is 0.490. The molecule has 6 atom stereocenters. The number of halogens is 4.